The molecule has 0 spiro atoms. The van der Waals surface area contributed by atoms with E-state index in [4.69, 9.17) is 0 Å². The summed E-state index contributed by atoms with van der Waals surface area (Å²) in [6, 6.07) is 8.13. The van der Waals surface area contributed by atoms with E-state index < -0.39 is 0 Å². The van der Waals surface area contributed by atoms with Gasteiger partial charge < -0.3 is 9.80 Å². The maximum Gasteiger partial charge on any atom is 0.327 e. The highest BCUT2D eigenvalue weighted by molar-refractivity contribution is 7.99. The Bertz CT molecular complexity index is 752. The van der Waals surface area contributed by atoms with Crippen LogP contribution in [-0.4, -0.2) is 77.7 Å². The van der Waals surface area contributed by atoms with Crippen molar-refractivity contribution in [3.05, 3.63) is 35.4 Å². The van der Waals surface area contributed by atoms with Gasteiger partial charge in [-0.05, 0) is 38.4 Å². The van der Waals surface area contributed by atoms with Crippen molar-refractivity contribution < 1.29 is 9.59 Å². The summed E-state index contributed by atoms with van der Waals surface area (Å²) in [5.41, 5.74) is 2.33. The minimum absolute atomic E-state index is 0.0549. The monoisotopic (exact) mass is 417 g/mol. The minimum Gasteiger partial charge on any atom is -0.311 e. The number of carbonyl (C=O) groups is 2. The zero-order valence-electron chi connectivity index (χ0n) is 17.4. The van der Waals surface area contributed by atoms with Gasteiger partial charge in [-0.25, -0.2) is 4.79 Å². The Morgan fingerprint density at radius 1 is 1.07 bits per heavy atom. The topological polar surface area (TPSA) is 67.9 Å². The van der Waals surface area contributed by atoms with Gasteiger partial charge in [-0.2, -0.15) is 0 Å². The molecule has 0 aliphatic carbocycles. The lowest BCUT2D eigenvalue weighted by Gasteiger charge is -2.50. The van der Waals surface area contributed by atoms with Crippen LogP contribution in [0.1, 0.15) is 30.1 Å². The van der Waals surface area contributed by atoms with E-state index in [2.05, 4.69) is 46.7 Å². The molecule has 3 heterocycles. The molecule has 3 amide bonds. The second-order valence-corrected chi connectivity index (χ2v) is 9.53. The Morgan fingerprint density at radius 3 is 2.45 bits per heavy atom. The summed E-state index contributed by atoms with van der Waals surface area (Å²) in [7, 11) is 3.36. The Hall–Kier alpha value is -1.61. The first-order valence-corrected chi connectivity index (χ1v) is 11.5. The molecule has 7 nitrogen and oxygen atoms in total. The Morgan fingerprint density at radius 2 is 1.76 bits per heavy atom. The Labute approximate surface area is 177 Å². The van der Waals surface area contributed by atoms with Crippen LogP contribution >= 0.6 is 11.8 Å². The number of aryl methyl sites for hydroxylation is 1. The molecule has 4 atom stereocenters. The molecule has 4 rings (SSSR count). The average molecular weight is 418 g/mol. The normalized spacial score (nSPS) is 30.7. The molecule has 29 heavy (non-hydrogen) atoms. The first kappa shape index (κ1) is 20.7. The number of thioether (sulfide) groups is 1. The van der Waals surface area contributed by atoms with E-state index in [1.54, 1.807) is 30.8 Å². The summed E-state index contributed by atoms with van der Waals surface area (Å²) in [5, 5.41) is 7.10. The van der Waals surface area contributed by atoms with Crippen LogP contribution in [0.25, 0.3) is 0 Å². The molecule has 158 valence electrons. The van der Waals surface area contributed by atoms with E-state index in [0.717, 1.165) is 17.9 Å². The second-order valence-electron chi connectivity index (χ2n) is 8.28. The highest BCUT2D eigenvalue weighted by atomic mass is 32.2. The lowest BCUT2D eigenvalue weighted by atomic mass is 9.96. The third kappa shape index (κ3) is 4.17. The number of nitrogens with zero attached hydrogens (tertiary/aromatic N) is 3. The fraction of sp³-hybridized carbons (Fsp3) is 0.619. The number of likely N-dealkylation sites (tertiary alicyclic amines) is 1. The van der Waals surface area contributed by atoms with Gasteiger partial charge >= 0.3 is 6.03 Å². The van der Waals surface area contributed by atoms with Gasteiger partial charge in [0.25, 0.3) is 0 Å². The highest BCUT2D eigenvalue weighted by Crippen LogP contribution is 2.34. The first-order chi connectivity index (χ1) is 14.0. The zero-order chi connectivity index (χ0) is 20.5. The van der Waals surface area contributed by atoms with Gasteiger partial charge in [0.1, 0.15) is 0 Å². The number of rotatable bonds is 5. The van der Waals surface area contributed by atoms with Crippen LogP contribution in [0.4, 0.5) is 4.79 Å². The number of hydrogen-bond donors (Lipinski definition) is 2. The number of urea groups is 1. The largest absolute Gasteiger partial charge is 0.327 e. The molecule has 0 radical (unpaired) electrons. The summed E-state index contributed by atoms with van der Waals surface area (Å²) in [5.74, 6) is 0.544. The second kappa shape index (κ2) is 8.63. The molecule has 4 unspecified atom stereocenters. The Balaban J connectivity index is 1.53. The zero-order valence-corrected chi connectivity index (χ0v) is 18.2. The van der Waals surface area contributed by atoms with Crippen LogP contribution in [0, 0.1) is 12.8 Å². The summed E-state index contributed by atoms with van der Waals surface area (Å²) < 4.78 is 0. The third-order valence-corrected chi connectivity index (χ3v) is 7.48. The molecule has 3 aliphatic heterocycles. The number of imide groups is 1. The summed E-state index contributed by atoms with van der Waals surface area (Å²) in [6.07, 6.45) is 2.15. The lowest BCUT2D eigenvalue weighted by molar-refractivity contribution is -0.140. The van der Waals surface area contributed by atoms with Gasteiger partial charge in [0.05, 0.1) is 23.6 Å². The number of nitrogens with one attached hydrogen (secondary N) is 2. The summed E-state index contributed by atoms with van der Waals surface area (Å²) >= 11 is 1.80. The Kier molecular flexibility index (Phi) is 6.15. The van der Waals surface area contributed by atoms with Crippen molar-refractivity contribution in [1.82, 2.24) is 25.3 Å². The molecule has 0 saturated carbocycles. The molecule has 1 aromatic carbocycles. The number of hydrogen-bond acceptors (Lipinski definition) is 6. The van der Waals surface area contributed by atoms with Crippen molar-refractivity contribution in [2.24, 2.45) is 5.92 Å². The van der Waals surface area contributed by atoms with E-state index in [-0.39, 0.29) is 35.6 Å². The maximum atomic E-state index is 13.0. The predicted molar refractivity (Wildman–Crippen MR) is 115 cm³/mol. The van der Waals surface area contributed by atoms with E-state index in [0.29, 0.717) is 0 Å². The van der Waals surface area contributed by atoms with Crippen LogP contribution in [0.3, 0.4) is 0 Å². The van der Waals surface area contributed by atoms with Crippen LogP contribution in [0.5, 0.6) is 0 Å². The van der Waals surface area contributed by atoms with E-state index in [1.165, 1.54) is 36.4 Å². The van der Waals surface area contributed by atoms with Crippen molar-refractivity contribution in [3.8, 4) is 0 Å². The van der Waals surface area contributed by atoms with Gasteiger partial charge in [0.15, 0.2) is 0 Å². The lowest BCUT2D eigenvalue weighted by Crippen LogP contribution is -2.72. The first-order valence-electron chi connectivity index (χ1n) is 10.4. The standard InChI is InChI=1S/C21H31N5O2S/c1-14-6-8-15(9-7-14)17-22-18-16(20(27)25(3)21(28)24(18)2)19(23-17)29-13-12-26-10-4-5-11-26/h6-9,16-19,22-23H,4-5,10-13H2,1-3H3. The van der Waals surface area contributed by atoms with Crippen LogP contribution in [0.15, 0.2) is 24.3 Å². The molecule has 3 saturated heterocycles. The average Bonchev–Trinajstić information content (AvgIpc) is 3.24. The van der Waals surface area contributed by atoms with E-state index in [1.807, 2.05) is 0 Å². The molecule has 3 aliphatic rings. The molecule has 8 heteroatoms. The maximum absolute atomic E-state index is 13.0. The van der Waals surface area contributed by atoms with Crippen molar-refractivity contribution in [2.45, 2.75) is 37.5 Å². The fourth-order valence-electron chi connectivity index (χ4n) is 4.46. The van der Waals surface area contributed by atoms with Gasteiger partial charge in [0, 0.05) is 26.4 Å². The molecule has 3 fully saturated rings. The number of carbonyl (C=O) groups excluding carboxylic acids is 2. The molecular weight excluding hydrogens is 386 g/mol. The molecule has 0 aromatic heterocycles. The predicted octanol–water partition coefficient (Wildman–Crippen LogP) is 1.81. The van der Waals surface area contributed by atoms with Crippen LogP contribution in [-0.2, 0) is 4.79 Å². The van der Waals surface area contributed by atoms with E-state index in [9.17, 15) is 9.59 Å². The van der Waals surface area contributed by atoms with Crippen molar-refractivity contribution in [1.29, 1.82) is 0 Å². The SMILES string of the molecule is Cc1ccc(C2NC(SCCN3CCCC3)C3C(=O)N(C)C(=O)N(C)C3N2)cc1. The van der Waals surface area contributed by atoms with E-state index >= 15 is 0 Å². The number of fused-ring (bicyclic) bond motifs is 1. The van der Waals surface area contributed by atoms with Crippen molar-refractivity contribution >= 4 is 23.7 Å². The highest BCUT2D eigenvalue weighted by Gasteiger charge is 2.50. The van der Waals surface area contributed by atoms with Crippen LogP contribution in [0.2, 0.25) is 0 Å². The number of benzene rings is 1. The smallest absolute Gasteiger partial charge is 0.311 e. The minimum atomic E-state index is -0.317. The van der Waals surface area contributed by atoms with Crippen LogP contribution < -0.4 is 10.6 Å². The molecule has 0 bridgehead atoms. The quantitative estimate of drug-likeness (QED) is 0.762. The number of amides is 3. The molecule has 2 N–H and O–H groups in total. The van der Waals surface area contributed by atoms with Gasteiger partial charge in [0.2, 0.25) is 5.91 Å². The fourth-order valence-corrected chi connectivity index (χ4v) is 5.79. The van der Waals surface area contributed by atoms with Crippen molar-refractivity contribution in [3.63, 3.8) is 0 Å². The summed E-state index contributed by atoms with van der Waals surface area (Å²) in [6.45, 7) is 5.47. The summed E-state index contributed by atoms with van der Waals surface area (Å²) in [4.78, 5) is 31.0. The van der Waals surface area contributed by atoms with Gasteiger partial charge in [-0.15, -0.1) is 11.8 Å². The van der Waals surface area contributed by atoms with Gasteiger partial charge in [-0.1, -0.05) is 29.8 Å². The van der Waals surface area contributed by atoms with Gasteiger partial charge in [-0.3, -0.25) is 20.3 Å². The third-order valence-electron chi connectivity index (χ3n) is 6.27. The van der Waals surface area contributed by atoms with Crippen molar-refractivity contribution in [2.75, 3.05) is 39.5 Å². The molecular formula is C21H31N5O2S. The molecule has 1 aromatic rings.